The highest BCUT2D eigenvalue weighted by Crippen LogP contribution is 2.24. The molecule has 1 aromatic heterocycles. The first-order chi connectivity index (χ1) is 9.06. The van der Waals surface area contributed by atoms with Gasteiger partial charge in [0.15, 0.2) is 0 Å². The predicted molar refractivity (Wildman–Crippen MR) is 69.8 cm³/mol. The molecule has 2 rings (SSSR count). The molecular weight excluding hydrogens is 244 g/mol. The minimum absolute atomic E-state index is 0.0802. The van der Waals surface area contributed by atoms with Crippen molar-refractivity contribution >= 4 is 11.9 Å². The number of aryl methyl sites for hydroxylation is 1. The van der Waals surface area contributed by atoms with Gasteiger partial charge in [0, 0.05) is 23.5 Å². The third-order valence-corrected chi connectivity index (χ3v) is 3.57. The molecule has 1 aliphatic carbocycles. The van der Waals surface area contributed by atoms with Gasteiger partial charge >= 0.3 is 5.97 Å². The maximum absolute atomic E-state index is 12.0. The lowest BCUT2D eigenvalue weighted by atomic mass is 9.86. The molecule has 0 aromatic carbocycles. The Hall–Kier alpha value is -1.91. The second-order valence-corrected chi connectivity index (χ2v) is 5.05. The van der Waals surface area contributed by atoms with Gasteiger partial charge in [-0.2, -0.15) is 0 Å². The van der Waals surface area contributed by atoms with E-state index in [0.29, 0.717) is 18.4 Å². The van der Waals surface area contributed by atoms with E-state index in [9.17, 15) is 9.59 Å². The van der Waals surface area contributed by atoms with Gasteiger partial charge in [0.2, 0.25) is 0 Å². The standard InChI is InChI=1S/C14H18N2O3/c1-9-8-11(6-7-15-9)13(17)16-12-4-2-10(3-5-12)14(18)19/h6-8,10,12H,2-5H2,1H3,(H,16,17)(H,18,19). The first-order valence-electron chi connectivity index (χ1n) is 6.52. The molecule has 1 aromatic rings. The Bertz CT molecular complexity index is 479. The van der Waals surface area contributed by atoms with Crippen LogP contribution in [0.2, 0.25) is 0 Å². The second kappa shape index (κ2) is 5.82. The minimum Gasteiger partial charge on any atom is -0.481 e. The number of hydrogen-bond donors (Lipinski definition) is 2. The molecule has 1 aliphatic rings. The SMILES string of the molecule is Cc1cc(C(=O)NC2CCC(C(=O)O)CC2)ccn1. The number of carboxylic acid groups (broad SMARTS) is 1. The summed E-state index contributed by atoms with van der Waals surface area (Å²) in [5.41, 5.74) is 1.41. The van der Waals surface area contributed by atoms with Crippen molar-refractivity contribution in [1.29, 1.82) is 0 Å². The number of rotatable bonds is 3. The number of pyridine rings is 1. The van der Waals surface area contributed by atoms with E-state index in [-0.39, 0.29) is 17.9 Å². The van der Waals surface area contributed by atoms with Gasteiger partial charge in [-0.25, -0.2) is 0 Å². The van der Waals surface area contributed by atoms with Crippen LogP contribution in [0.15, 0.2) is 18.3 Å². The minimum atomic E-state index is -0.727. The molecule has 0 aliphatic heterocycles. The van der Waals surface area contributed by atoms with Gasteiger partial charge in [-0.1, -0.05) is 0 Å². The van der Waals surface area contributed by atoms with Crippen LogP contribution in [0.4, 0.5) is 0 Å². The second-order valence-electron chi connectivity index (χ2n) is 5.05. The van der Waals surface area contributed by atoms with Crippen molar-refractivity contribution in [2.45, 2.75) is 38.6 Å². The number of aliphatic carboxylic acids is 1. The average molecular weight is 262 g/mol. The van der Waals surface area contributed by atoms with Crippen molar-refractivity contribution in [3.05, 3.63) is 29.6 Å². The number of nitrogens with zero attached hydrogens (tertiary/aromatic N) is 1. The van der Waals surface area contributed by atoms with Crippen LogP contribution < -0.4 is 5.32 Å². The quantitative estimate of drug-likeness (QED) is 0.870. The number of nitrogens with one attached hydrogen (secondary N) is 1. The zero-order valence-corrected chi connectivity index (χ0v) is 10.9. The van der Waals surface area contributed by atoms with Gasteiger partial charge in [0.05, 0.1) is 5.92 Å². The summed E-state index contributed by atoms with van der Waals surface area (Å²) >= 11 is 0. The third-order valence-electron chi connectivity index (χ3n) is 3.57. The Morgan fingerprint density at radius 3 is 2.58 bits per heavy atom. The number of carbonyl (C=O) groups is 2. The lowest BCUT2D eigenvalue weighted by molar-refractivity contribution is -0.142. The third kappa shape index (κ3) is 3.53. The largest absolute Gasteiger partial charge is 0.481 e. The van der Waals surface area contributed by atoms with Crippen LogP contribution >= 0.6 is 0 Å². The molecule has 1 fully saturated rings. The molecule has 5 nitrogen and oxygen atoms in total. The molecule has 19 heavy (non-hydrogen) atoms. The Balaban J connectivity index is 1.89. The summed E-state index contributed by atoms with van der Waals surface area (Å²) in [7, 11) is 0. The number of aromatic nitrogens is 1. The van der Waals surface area contributed by atoms with E-state index < -0.39 is 5.97 Å². The Kier molecular flexibility index (Phi) is 4.14. The van der Waals surface area contributed by atoms with Crippen LogP contribution in [0.1, 0.15) is 41.7 Å². The summed E-state index contributed by atoms with van der Waals surface area (Å²) < 4.78 is 0. The molecule has 5 heteroatoms. The Labute approximate surface area is 112 Å². The number of carboxylic acids is 1. The number of amides is 1. The van der Waals surface area contributed by atoms with Gasteiger partial charge < -0.3 is 10.4 Å². The smallest absolute Gasteiger partial charge is 0.306 e. The van der Waals surface area contributed by atoms with Gasteiger partial charge in [-0.3, -0.25) is 14.6 Å². The van der Waals surface area contributed by atoms with Crippen molar-refractivity contribution in [1.82, 2.24) is 10.3 Å². The van der Waals surface area contributed by atoms with Crippen molar-refractivity contribution in [3.63, 3.8) is 0 Å². The van der Waals surface area contributed by atoms with E-state index in [1.807, 2.05) is 6.92 Å². The molecule has 0 bridgehead atoms. The van der Waals surface area contributed by atoms with Gasteiger partial charge in [0.25, 0.3) is 5.91 Å². The monoisotopic (exact) mass is 262 g/mol. The van der Waals surface area contributed by atoms with E-state index in [2.05, 4.69) is 10.3 Å². The molecule has 1 saturated carbocycles. The van der Waals surface area contributed by atoms with E-state index in [1.165, 1.54) is 0 Å². The van der Waals surface area contributed by atoms with Crippen LogP contribution in [0.3, 0.4) is 0 Å². The topological polar surface area (TPSA) is 79.3 Å². The molecule has 1 amide bonds. The zero-order chi connectivity index (χ0) is 13.8. The molecular formula is C14H18N2O3. The fraction of sp³-hybridized carbons (Fsp3) is 0.500. The Morgan fingerprint density at radius 2 is 2.00 bits per heavy atom. The molecule has 2 N–H and O–H groups in total. The molecule has 1 heterocycles. The van der Waals surface area contributed by atoms with Crippen molar-refractivity contribution in [2.24, 2.45) is 5.92 Å². The highest BCUT2D eigenvalue weighted by molar-refractivity contribution is 5.94. The fourth-order valence-corrected chi connectivity index (χ4v) is 2.44. The lowest BCUT2D eigenvalue weighted by Gasteiger charge is -2.26. The summed E-state index contributed by atoms with van der Waals surface area (Å²) in [6.07, 6.45) is 4.34. The van der Waals surface area contributed by atoms with E-state index in [1.54, 1.807) is 18.3 Å². The summed E-state index contributed by atoms with van der Waals surface area (Å²) in [4.78, 5) is 26.9. The van der Waals surface area contributed by atoms with Crippen LogP contribution in [0.25, 0.3) is 0 Å². The van der Waals surface area contributed by atoms with Gasteiger partial charge in [-0.15, -0.1) is 0 Å². The first-order valence-corrected chi connectivity index (χ1v) is 6.52. The predicted octanol–water partition coefficient (Wildman–Crippen LogP) is 1.76. The molecule has 0 atom stereocenters. The maximum atomic E-state index is 12.0. The highest BCUT2D eigenvalue weighted by atomic mass is 16.4. The summed E-state index contributed by atoms with van der Waals surface area (Å²) in [6.45, 7) is 1.84. The summed E-state index contributed by atoms with van der Waals surface area (Å²) in [5.74, 6) is -1.09. The van der Waals surface area contributed by atoms with Crippen LogP contribution in [0.5, 0.6) is 0 Å². The average Bonchev–Trinajstić information content (AvgIpc) is 2.39. The van der Waals surface area contributed by atoms with E-state index in [4.69, 9.17) is 5.11 Å². The molecule has 0 radical (unpaired) electrons. The molecule has 0 saturated heterocycles. The molecule has 0 unspecified atom stereocenters. The zero-order valence-electron chi connectivity index (χ0n) is 10.9. The van der Waals surface area contributed by atoms with Crippen molar-refractivity contribution in [3.8, 4) is 0 Å². The van der Waals surface area contributed by atoms with Crippen molar-refractivity contribution < 1.29 is 14.7 Å². The number of hydrogen-bond acceptors (Lipinski definition) is 3. The molecule has 0 spiro atoms. The number of carbonyl (C=O) groups excluding carboxylic acids is 1. The summed E-state index contributed by atoms with van der Waals surface area (Å²) in [6, 6.07) is 3.51. The fourth-order valence-electron chi connectivity index (χ4n) is 2.44. The van der Waals surface area contributed by atoms with E-state index in [0.717, 1.165) is 18.5 Å². The molecule has 102 valence electrons. The van der Waals surface area contributed by atoms with Crippen LogP contribution in [-0.2, 0) is 4.79 Å². The van der Waals surface area contributed by atoms with Gasteiger partial charge in [0.1, 0.15) is 0 Å². The van der Waals surface area contributed by atoms with Crippen LogP contribution in [0, 0.1) is 12.8 Å². The summed E-state index contributed by atoms with van der Waals surface area (Å²) in [5, 5.41) is 11.9. The highest BCUT2D eigenvalue weighted by Gasteiger charge is 2.26. The van der Waals surface area contributed by atoms with Crippen molar-refractivity contribution in [2.75, 3.05) is 0 Å². The van der Waals surface area contributed by atoms with Crippen LogP contribution in [-0.4, -0.2) is 28.0 Å². The lowest BCUT2D eigenvalue weighted by Crippen LogP contribution is -2.38. The first kappa shape index (κ1) is 13.5. The van der Waals surface area contributed by atoms with Gasteiger partial charge in [-0.05, 0) is 44.7 Å². The normalized spacial score (nSPS) is 22.8. The maximum Gasteiger partial charge on any atom is 0.306 e. The van der Waals surface area contributed by atoms with E-state index >= 15 is 0 Å². The Morgan fingerprint density at radius 1 is 1.32 bits per heavy atom.